The van der Waals surface area contributed by atoms with Crippen LogP contribution in [-0.4, -0.2) is 13.2 Å². The Balaban J connectivity index is 1.74. The van der Waals surface area contributed by atoms with Gasteiger partial charge >= 0.3 is 0 Å². The van der Waals surface area contributed by atoms with E-state index in [9.17, 15) is 0 Å². The lowest BCUT2D eigenvalue weighted by molar-refractivity contribution is 0.133. The lowest BCUT2D eigenvalue weighted by Gasteiger charge is -2.23. The van der Waals surface area contributed by atoms with Crippen LogP contribution in [-0.2, 0) is 0 Å². The monoisotopic (exact) mass is 218 g/mol. The number of hydrogen-bond acceptors (Lipinski definition) is 2. The number of hydrogen-bond donors (Lipinski definition) is 0. The van der Waals surface area contributed by atoms with Crippen LogP contribution in [0.4, 0.5) is 0 Å². The van der Waals surface area contributed by atoms with Crippen LogP contribution in [0.1, 0.15) is 25.7 Å². The Morgan fingerprint density at radius 2 is 1.88 bits per heavy atom. The fourth-order valence-corrected chi connectivity index (χ4v) is 3.21. The highest BCUT2D eigenvalue weighted by Crippen LogP contribution is 2.46. The van der Waals surface area contributed by atoms with Gasteiger partial charge in [-0.3, -0.25) is 0 Å². The fraction of sp³-hybridized carbons (Fsp3) is 0.571. The molecule has 0 N–H and O–H groups in total. The van der Waals surface area contributed by atoms with E-state index < -0.39 is 0 Å². The summed E-state index contributed by atoms with van der Waals surface area (Å²) in [5.41, 5.74) is 0. The zero-order valence-corrected chi connectivity index (χ0v) is 9.69. The van der Waals surface area contributed by atoms with Crippen LogP contribution < -0.4 is 9.47 Å². The van der Waals surface area contributed by atoms with Gasteiger partial charge in [-0.2, -0.15) is 0 Å². The van der Waals surface area contributed by atoms with Crippen LogP contribution >= 0.6 is 0 Å². The minimum atomic E-state index is 0.426. The minimum Gasteiger partial charge on any atom is -0.493 e. The number of para-hydroxylation sites is 2. The summed E-state index contributed by atoms with van der Waals surface area (Å²) in [6, 6.07) is 7.95. The second-order valence-corrected chi connectivity index (χ2v) is 4.98. The van der Waals surface area contributed by atoms with E-state index in [1.54, 1.807) is 7.11 Å². The predicted octanol–water partition coefficient (Wildman–Crippen LogP) is 3.26. The van der Waals surface area contributed by atoms with Gasteiger partial charge in [-0.1, -0.05) is 12.1 Å². The maximum absolute atomic E-state index is 6.11. The third-order valence-corrected chi connectivity index (χ3v) is 4.02. The third-order valence-electron chi connectivity index (χ3n) is 4.02. The summed E-state index contributed by atoms with van der Waals surface area (Å²) >= 11 is 0. The zero-order valence-electron chi connectivity index (χ0n) is 9.69. The molecule has 2 fully saturated rings. The van der Waals surface area contributed by atoms with Crippen LogP contribution in [0.15, 0.2) is 24.3 Å². The lowest BCUT2D eigenvalue weighted by atomic mass is 9.98. The molecule has 0 spiro atoms. The molecule has 2 aliphatic carbocycles. The highest BCUT2D eigenvalue weighted by atomic mass is 16.5. The first kappa shape index (κ1) is 10.0. The normalized spacial score (nSPS) is 31.7. The average molecular weight is 218 g/mol. The van der Waals surface area contributed by atoms with Crippen molar-refractivity contribution in [3.05, 3.63) is 24.3 Å². The molecule has 86 valence electrons. The first-order valence-electron chi connectivity index (χ1n) is 6.16. The molecule has 3 rings (SSSR count). The van der Waals surface area contributed by atoms with Crippen LogP contribution in [0.2, 0.25) is 0 Å². The van der Waals surface area contributed by atoms with E-state index in [4.69, 9.17) is 9.47 Å². The second kappa shape index (κ2) is 4.00. The molecule has 1 aromatic rings. The number of methoxy groups -OCH3 is 1. The van der Waals surface area contributed by atoms with Crippen LogP contribution in [0.5, 0.6) is 11.5 Å². The van der Waals surface area contributed by atoms with Gasteiger partial charge in [0.1, 0.15) is 6.10 Å². The van der Waals surface area contributed by atoms with Gasteiger partial charge in [0.15, 0.2) is 11.5 Å². The summed E-state index contributed by atoms with van der Waals surface area (Å²) in [5, 5.41) is 0. The summed E-state index contributed by atoms with van der Waals surface area (Å²) in [6.07, 6.45) is 5.80. The molecule has 2 nitrogen and oxygen atoms in total. The van der Waals surface area contributed by atoms with Crippen molar-refractivity contribution in [1.82, 2.24) is 0 Å². The van der Waals surface area contributed by atoms with Gasteiger partial charge in [0.05, 0.1) is 7.11 Å². The molecule has 0 heterocycles. The Hall–Kier alpha value is -1.18. The Morgan fingerprint density at radius 3 is 2.50 bits per heavy atom. The van der Waals surface area contributed by atoms with Crippen molar-refractivity contribution < 1.29 is 9.47 Å². The van der Waals surface area contributed by atoms with Crippen molar-refractivity contribution >= 4 is 0 Å². The topological polar surface area (TPSA) is 18.5 Å². The first-order valence-corrected chi connectivity index (χ1v) is 6.16. The molecule has 0 saturated heterocycles. The van der Waals surface area contributed by atoms with Crippen molar-refractivity contribution in [2.75, 3.05) is 7.11 Å². The molecular weight excluding hydrogens is 200 g/mol. The molecule has 0 amide bonds. The molecule has 2 heteroatoms. The largest absolute Gasteiger partial charge is 0.493 e. The van der Waals surface area contributed by atoms with E-state index in [2.05, 4.69) is 0 Å². The SMILES string of the molecule is COc1ccccc1O[C@@H]1C[C@H]2CC[C@H]1C2. The van der Waals surface area contributed by atoms with E-state index in [0.717, 1.165) is 23.3 Å². The van der Waals surface area contributed by atoms with Crippen molar-refractivity contribution in [1.29, 1.82) is 0 Å². The van der Waals surface area contributed by atoms with E-state index in [1.807, 2.05) is 24.3 Å². The Morgan fingerprint density at radius 1 is 1.06 bits per heavy atom. The molecule has 3 atom stereocenters. The molecule has 2 bridgehead atoms. The van der Waals surface area contributed by atoms with E-state index in [0.29, 0.717) is 6.10 Å². The summed E-state index contributed by atoms with van der Waals surface area (Å²) in [4.78, 5) is 0. The van der Waals surface area contributed by atoms with Crippen LogP contribution in [0.25, 0.3) is 0 Å². The highest BCUT2D eigenvalue weighted by molar-refractivity contribution is 5.39. The fourth-order valence-electron chi connectivity index (χ4n) is 3.21. The molecule has 0 unspecified atom stereocenters. The van der Waals surface area contributed by atoms with Gasteiger partial charge in [-0.15, -0.1) is 0 Å². The summed E-state index contributed by atoms with van der Waals surface area (Å²) < 4.78 is 11.4. The standard InChI is InChI=1S/C14H18O2/c1-15-12-4-2-3-5-13(12)16-14-9-10-6-7-11(14)8-10/h2-5,10-11,14H,6-9H2,1H3/t10-,11-,14+/m0/s1. The third kappa shape index (κ3) is 1.66. The smallest absolute Gasteiger partial charge is 0.161 e. The van der Waals surface area contributed by atoms with E-state index >= 15 is 0 Å². The number of benzene rings is 1. The maximum Gasteiger partial charge on any atom is 0.161 e. The summed E-state index contributed by atoms with van der Waals surface area (Å²) in [5.74, 6) is 3.47. The molecule has 0 aliphatic heterocycles. The van der Waals surface area contributed by atoms with Gasteiger partial charge in [0.25, 0.3) is 0 Å². The van der Waals surface area contributed by atoms with Gasteiger partial charge in [0.2, 0.25) is 0 Å². The van der Waals surface area contributed by atoms with E-state index in [1.165, 1.54) is 25.7 Å². The molecule has 0 aromatic heterocycles. The van der Waals surface area contributed by atoms with Gasteiger partial charge in [-0.05, 0) is 49.7 Å². The minimum absolute atomic E-state index is 0.426. The van der Waals surface area contributed by atoms with Crippen LogP contribution in [0.3, 0.4) is 0 Å². The number of fused-ring (bicyclic) bond motifs is 2. The molecular formula is C14H18O2. The second-order valence-electron chi connectivity index (χ2n) is 4.98. The van der Waals surface area contributed by atoms with Gasteiger partial charge in [0, 0.05) is 0 Å². The molecule has 0 radical (unpaired) electrons. The quantitative estimate of drug-likeness (QED) is 0.775. The Bertz CT molecular complexity index is 375. The van der Waals surface area contributed by atoms with Crippen molar-refractivity contribution in [2.24, 2.45) is 11.8 Å². The Kier molecular flexibility index (Phi) is 2.50. The molecule has 2 aliphatic rings. The maximum atomic E-state index is 6.11. The molecule has 16 heavy (non-hydrogen) atoms. The van der Waals surface area contributed by atoms with Crippen molar-refractivity contribution in [2.45, 2.75) is 31.8 Å². The van der Waals surface area contributed by atoms with Crippen LogP contribution in [0, 0.1) is 11.8 Å². The van der Waals surface area contributed by atoms with Crippen molar-refractivity contribution in [3.63, 3.8) is 0 Å². The number of rotatable bonds is 3. The van der Waals surface area contributed by atoms with E-state index in [-0.39, 0.29) is 0 Å². The molecule has 1 aromatic carbocycles. The summed E-state index contributed by atoms with van der Waals surface area (Å²) in [7, 11) is 1.70. The number of ether oxygens (including phenoxy) is 2. The summed E-state index contributed by atoms with van der Waals surface area (Å²) in [6.45, 7) is 0. The zero-order chi connectivity index (χ0) is 11.0. The molecule has 2 saturated carbocycles. The first-order chi connectivity index (χ1) is 7.86. The van der Waals surface area contributed by atoms with Crippen molar-refractivity contribution in [3.8, 4) is 11.5 Å². The average Bonchev–Trinajstić information content (AvgIpc) is 2.92. The van der Waals surface area contributed by atoms with Gasteiger partial charge < -0.3 is 9.47 Å². The lowest BCUT2D eigenvalue weighted by Crippen LogP contribution is -2.23. The predicted molar refractivity (Wildman–Crippen MR) is 62.9 cm³/mol. The Labute approximate surface area is 96.6 Å². The highest BCUT2D eigenvalue weighted by Gasteiger charge is 2.41. The van der Waals surface area contributed by atoms with Gasteiger partial charge in [-0.25, -0.2) is 0 Å².